The highest BCUT2D eigenvalue weighted by molar-refractivity contribution is 7.09. The zero-order chi connectivity index (χ0) is 14.3. The maximum atomic E-state index is 11.9. The minimum absolute atomic E-state index is 0.0701. The number of aromatic nitrogens is 1. The molecule has 4 N–H and O–H groups in total. The molecule has 1 aromatic heterocycles. The molecule has 0 aliphatic carbocycles. The lowest BCUT2D eigenvalue weighted by Crippen LogP contribution is -2.36. The smallest absolute Gasteiger partial charge is 0.305 e. The normalized spacial score (nSPS) is 12.1. The van der Waals surface area contributed by atoms with Crippen molar-refractivity contribution in [2.24, 2.45) is 5.73 Å². The van der Waals surface area contributed by atoms with Crippen LogP contribution in [0.5, 0.6) is 0 Å². The van der Waals surface area contributed by atoms with Crippen molar-refractivity contribution >= 4 is 23.2 Å². The van der Waals surface area contributed by atoms with Crippen molar-refractivity contribution in [2.75, 3.05) is 6.54 Å². The lowest BCUT2D eigenvalue weighted by Gasteiger charge is -2.15. The Balaban J connectivity index is 2.61. The Kier molecular flexibility index (Phi) is 6.44. The van der Waals surface area contributed by atoms with Crippen LogP contribution in [0.4, 0.5) is 0 Å². The summed E-state index contributed by atoms with van der Waals surface area (Å²) in [6.45, 7) is 2.44. The maximum absolute atomic E-state index is 11.9. The van der Waals surface area contributed by atoms with Gasteiger partial charge in [0.1, 0.15) is 5.69 Å². The first-order valence-electron chi connectivity index (χ1n) is 6.24. The second-order valence-electron chi connectivity index (χ2n) is 4.22. The predicted molar refractivity (Wildman–Crippen MR) is 73.3 cm³/mol. The number of rotatable bonds is 8. The lowest BCUT2D eigenvalue weighted by molar-refractivity contribution is -0.137. The van der Waals surface area contributed by atoms with Gasteiger partial charge >= 0.3 is 5.97 Å². The second kappa shape index (κ2) is 7.85. The van der Waals surface area contributed by atoms with Gasteiger partial charge in [-0.05, 0) is 13.0 Å². The molecule has 0 fully saturated rings. The Morgan fingerprint density at radius 3 is 2.89 bits per heavy atom. The van der Waals surface area contributed by atoms with E-state index in [0.29, 0.717) is 25.1 Å². The SMILES string of the molecule is CCCC(CC(=O)O)NC(=O)c1csc(CCN)n1. The Bertz CT molecular complexity index is 434. The molecule has 106 valence electrons. The molecule has 19 heavy (non-hydrogen) atoms. The van der Waals surface area contributed by atoms with Crippen LogP contribution in [0.3, 0.4) is 0 Å². The lowest BCUT2D eigenvalue weighted by atomic mass is 10.1. The van der Waals surface area contributed by atoms with E-state index in [4.69, 9.17) is 10.8 Å². The molecule has 0 saturated carbocycles. The maximum Gasteiger partial charge on any atom is 0.305 e. The number of carboxylic acids is 1. The van der Waals surface area contributed by atoms with Gasteiger partial charge in [0.05, 0.1) is 11.4 Å². The summed E-state index contributed by atoms with van der Waals surface area (Å²) in [5.74, 6) is -1.24. The molecule has 6 nitrogen and oxygen atoms in total. The van der Waals surface area contributed by atoms with Crippen LogP contribution in [0, 0.1) is 0 Å². The predicted octanol–water partition coefficient (Wildman–Crippen LogP) is 1.02. The van der Waals surface area contributed by atoms with Crippen LogP contribution in [-0.4, -0.2) is 34.6 Å². The number of nitrogens with zero attached hydrogens (tertiary/aromatic N) is 1. The van der Waals surface area contributed by atoms with Gasteiger partial charge in [0, 0.05) is 17.8 Å². The largest absolute Gasteiger partial charge is 0.481 e. The van der Waals surface area contributed by atoms with E-state index in [0.717, 1.165) is 11.4 Å². The fourth-order valence-corrected chi connectivity index (χ4v) is 2.49. The number of aliphatic carboxylic acids is 1. The van der Waals surface area contributed by atoms with E-state index in [-0.39, 0.29) is 18.4 Å². The first-order valence-corrected chi connectivity index (χ1v) is 7.11. The number of amides is 1. The van der Waals surface area contributed by atoms with Crippen molar-refractivity contribution in [1.29, 1.82) is 0 Å². The quantitative estimate of drug-likeness (QED) is 0.661. The monoisotopic (exact) mass is 285 g/mol. The summed E-state index contributed by atoms with van der Waals surface area (Å²) in [5.41, 5.74) is 5.76. The van der Waals surface area contributed by atoms with Crippen LogP contribution in [0.2, 0.25) is 0 Å². The van der Waals surface area contributed by atoms with Crippen molar-refractivity contribution in [2.45, 2.75) is 38.6 Å². The van der Waals surface area contributed by atoms with Crippen molar-refractivity contribution < 1.29 is 14.7 Å². The zero-order valence-corrected chi connectivity index (χ0v) is 11.7. The van der Waals surface area contributed by atoms with Gasteiger partial charge in [0.2, 0.25) is 0 Å². The molecule has 1 heterocycles. The molecule has 0 aromatic carbocycles. The zero-order valence-electron chi connectivity index (χ0n) is 10.9. The summed E-state index contributed by atoms with van der Waals surface area (Å²) >= 11 is 1.39. The van der Waals surface area contributed by atoms with Gasteiger partial charge in [-0.25, -0.2) is 4.98 Å². The summed E-state index contributed by atoms with van der Waals surface area (Å²) in [6, 6.07) is -0.352. The molecule has 1 rings (SSSR count). The average Bonchev–Trinajstić information content (AvgIpc) is 2.77. The standard InChI is InChI=1S/C12H19N3O3S/c1-2-3-8(6-11(16)17)14-12(18)9-7-19-10(15-9)4-5-13/h7-8H,2-6,13H2,1H3,(H,14,18)(H,16,17). The van der Waals surface area contributed by atoms with Crippen molar-refractivity contribution in [3.05, 3.63) is 16.1 Å². The third-order valence-electron chi connectivity index (χ3n) is 2.54. The van der Waals surface area contributed by atoms with Crippen LogP contribution in [0.15, 0.2) is 5.38 Å². The molecule has 0 aliphatic heterocycles. The third kappa shape index (κ3) is 5.35. The van der Waals surface area contributed by atoms with Crippen LogP contribution >= 0.6 is 11.3 Å². The molecule has 1 aromatic rings. The molecule has 7 heteroatoms. The summed E-state index contributed by atoms with van der Waals surface area (Å²) < 4.78 is 0. The third-order valence-corrected chi connectivity index (χ3v) is 3.44. The summed E-state index contributed by atoms with van der Waals surface area (Å²) in [6.07, 6.45) is 2.02. The molecule has 1 atom stereocenters. The number of nitrogens with two attached hydrogens (primary N) is 1. The van der Waals surface area contributed by atoms with Crippen LogP contribution in [0.25, 0.3) is 0 Å². The Hall–Kier alpha value is -1.47. The van der Waals surface area contributed by atoms with E-state index >= 15 is 0 Å². The first kappa shape index (κ1) is 15.6. The van der Waals surface area contributed by atoms with Gasteiger partial charge in [-0.1, -0.05) is 13.3 Å². The Morgan fingerprint density at radius 1 is 1.58 bits per heavy atom. The van der Waals surface area contributed by atoms with Gasteiger partial charge in [0.15, 0.2) is 0 Å². The van der Waals surface area contributed by atoms with E-state index in [9.17, 15) is 9.59 Å². The molecule has 0 saturated heterocycles. The van der Waals surface area contributed by atoms with Crippen LogP contribution < -0.4 is 11.1 Å². The van der Waals surface area contributed by atoms with Gasteiger partial charge in [0.25, 0.3) is 5.91 Å². The molecule has 1 amide bonds. The number of thiazole rings is 1. The molecule has 0 radical (unpaired) electrons. The van der Waals surface area contributed by atoms with Gasteiger partial charge < -0.3 is 16.2 Å². The average molecular weight is 285 g/mol. The second-order valence-corrected chi connectivity index (χ2v) is 5.16. The minimum atomic E-state index is -0.916. The number of hydrogen-bond donors (Lipinski definition) is 3. The molecule has 0 aliphatic rings. The summed E-state index contributed by atoms with van der Waals surface area (Å²) in [4.78, 5) is 26.8. The van der Waals surface area contributed by atoms with Crippen LogP contribution in [-0.2, 0) is 11.2 Å². The molecule has 0 spiro atoms. The highest BCUT2D eigenvalue weighted by Crippen LogP contribution is 2.11. The van der Waals surface area contributed by atoms with Gasteiger partial charge in [-0.15, -0.1) is 11.3 Å². The van der Waals surface area contributed by atoms with E-state index in [2.05, 4.69) is 10.3 Å². The molecular weight excluding hydrogens is 266 g/mol. The number of carbonyl (C=O) groups excluding carboxylic acids is 1. The van der Waals surface area contributed by atoms with E-state index in [1.54, 1.807) is 5.38 Å². The van der Waals surface area contributed by atoms with Crippen LogP contribution in [0.1, 0.15) is 41.7 Å². The molecule has 1 unspecified atom stereocenters. The summed E-state index contributed by atoms with van der Waals surface area (Å²) in [5, 5.41) is 14.0. The molecular formula is C12H19N3O3S. The van der Waals surface area contributed by atoms with E-state index in [1.807, 2.05) is 6.92 Å². The number of hydrogen-bond acceptors (Lipinski definition) is 5. The van der Waals surface area contributed by atoms with Crippen molar-refractivity contribution in [3.8, 4) is 0 Å². The molecule has 0 bridgehead atoms. The van der Waals surface area contributed by atoms with Gasteiger partial charge in [-0.3, -0.25) is 9.59 Å². The highest BCUT2D eigenvalue weighted by atomic mass is 32.1. The summed E-state index contributed by atoms with van der Waals surface area (Å²) in [7, 11) is 0. The Morgan fingerprint density at radius 2 is 2.32 bits per heavy atom. The Labute approximate surface area is 116 Å². The number of carbonyl (C=O) groups is 2. The fourth-order valence-electron chi connectivity index (χ4n) is 1.70. The van der Waals surface area contributed by atoms with E-state index in [1.165, 1.54) is 11.3 Å². The number of carboxylic acid groups (broad SMARTS) is 1. The first-order chi connectivity index (χ1) is 9.06. The van der Waals surface area contributed by atoms with E-state index < -0.39 is 5.97 Å². The van der Waals surface area contributed by atoms with Crippen molar-refractivity contribution in [1.82, 2.24) is 10.3 Å². The highest BCUT2D eigenvalue weighted by Gasteiger charge is 2.18. The minimum Gasteiger partial charge on any atom is -0.481 e. The topological polar surface area (TPSA) is 105 Å². The number of nitrogens with one attached hydrogen (secondary N) is 1. The van der Waals surface area contributed by atoms with Gasteiger partial charge in [-0.2, -0.15) is 0 Å². The fraction of sp³-hybridized carbons (Fsp3) is 0.583. The van der Waals surface area contributed by atoms with Crippen molar-refractivity contribution in [3.63, 3.8) is 0 Å².